The summed E-state index contributed by atoms with van der Waals surface area (Å²) in [5.41, 5.74) is 1.40. The first-order valence-electron chi connectivity index (χ1n) is 7.55. The molecule has 0 unspecified atom stereocenters. The average Bonchev–Trinajstić information content (AvgIpc) is 2.66. The number of benzene rings is 2. The van der Waals surface area contributed by atoms with Crippen LogP contribution in [0.2, 0.25) is 0 Å². The van der Waals surface area contributed by atoms with Gasteiger partial charge in [-0.05, 0) is 48.5 Å². The molecule has 1 aromatic heterocycles. The molecule has 128 valence electrons. The van der Waals surface area contributed by atoms with Gasteiger partial charge in [0.25, 0.3) is 5.91 Å². The van der Waals surface area contributed by atoms with Crippen LogP contribution in [0.3, 0.4) is 0 Å². The predicted molar refractivity (Wildman–Crippen MR) is 93.0 cm³/mol. The normalized spacial score (nSPS) is 10.0. The molecular weight excluding hydrogens is 338 g/mol. The van der Waals surface area contributed by atoms with Crippen LogP contribution in [0, 0.1) is 23.0 Å². The van der Waals surface area contributed by atoms with Gasteiger partial charge in [-0.15, -0.1) is 0 Å². The molecule has 2 N–H and O–H groups in total. The standard InChI is InChI=1S/C19H12F2N4O/c20-15-2-1-3-16(21)18(15)25-19(26)17-9-8-14(11-23-17)24-13-6-4-12(10-22)5-7-13/h1-9,11,24H,(H,25,26). The van der Waals surface area contributed by atoms with E-state index in [1.165, 1.54) is 18.3 Å². The highest BCUT2D eigenvalue weighted by atomic mass is 19.1. The van der Waals surface area contributed by atoms with E-state index in [0.717, 1.165) is 17.8 Å². The van der Waals surface area contributed by atoms with Crippen molar-refractivity contribution < 1.29 is 13.6 Å². The summed E-state index contributed by atoms with van der Waals surface area (Å²) in [6.07, 6.45) is 1.42. The molecule has 0 spiro atoms. The molecule has 0 saturated heterocycles. The van der Waals surface area contributed by atoms with Crippen LogP contribution in [0.4, 0.5) is 25.8 Å². The first-order chi connectivity index (χ1) is 12.6. The van der Waals surface area contributed by atoms with Crippen LogP contribution in [0.15, 0.2) is 60.8 Å². The molecule has 7 heteroatoms. The number of hydrogen-bond donors (Lipinski definition) is 2. The fraction of sp³-hybridized carbons (Fsp3) is 0. The van der Waals surface area contributed by atoms with Crippen LogP contribution in [-0.2, 0) is 0 Å². The fourth-order valence-electron chi connectivity index (χ4n) is 2.19. The monoisotopic (exact) mass is 350 g/mol. The molecule has 0 aliphatic heterocycles. The third kappa shape index (κ3) is 3.82. The highest BCUT2D eigenvalue weighted by molar-refractivity contribution is 6.03. The molecule has 1 amide bonds. The maximum atomic E-state index is 13.6. The third-order valence-electron chi connectivity index (χ3n) is 3.50. The van der Waals surface area contributed by atoms with E-state index in [1.807, 2.05) is 6.07 Å². The second-order valence-electron chi connectivity index (χ2n) is 5.30. The summed E-state index contributed by atoms with van der Waals surface area (Å²) in [5.74, 6) is -2.45. The van der Waals surface area contributed by atoms with Crippen molar-refractivity contribution in [3.05, 3.63) is 83.7 Å². The Kier molecular flexibility index (Phi) is 4.85. The molecule has 2 aromatic carbocycles. The minimum Gasteiger partial charge on any atom is -0.354 e. The van der Waals surface area contributed by atoms with Gasteiger partial charge in [-0.2, -0.15) is 5.26 Å². The number of amides is 1. The summed E-state index contributed by atoms with van der Waals surface area (Å²) >= 11 is 0. The van der Waals surface area contributed by atoms with Crippen molar-refractivity contribution in [2.24, 2.45) is 0 Å². The Morgan fingerprint density at radius 3 is 2.19 bits per heavy atom. The third-order valence-corrected chi connectivity index (χ3v) is 3.50. The number of nitrogens with zero attached hydrogens (tertiary/aromatic N) is 2. The van der Waals surface area contributed by atoms with Gasteiger partial charge >= 0.3 is 0 Å². The molecule has 26 heavy (non-hydrogen) atoms. The number of pyridine rings is 1. The maximum absolute atomic E-state index is 13.6. The number of aromatic nitrogens is 1. The summed E-state index contributed by atoms with van der Waals surface area (Å²) in [6, 6.07) is 15.2. The number of anilines is 3. The molecule has 0 aliphatic carbocycles. The molecule has 3 rings (SSSR count). The summed E-state index contributed by atoms with van der Waals surface area (Å²) in [5, 5.41) is 14.0. The summed E-state index contributed by atoms with van der Waals surface area (Å²) in [6.45, 7) is 0. The van der Waals surface area contributed by atoms with E-state index >= 15 is 0 Å². The lowest BCUT2D eigenvalue weighted by Gasteiger charge is -2.09. The zero-order chi connectivity index (χ0) is 18.5. The van der Waals surface area contributed by atoms with Crippen molar-refractivity contribution in [1.82, 2.24) is 4.98 Å². The Balaban J connectivity index is 1.70. The summed E-state index contributed by atoms with van der Waals surface area (Å²) in [4.78, 5) is 16.1. The number of carbonyl (C=O) groups excluding carboxylic acids is 1. The van der Waals surface area contributed by atoms with Gasteiger partial charge in [0, 0.05) is 5.69 Å². The maximum Gasteiger partial charge on any atom is 0.274 e. The SMILES string of the molecule is N#Cc1ccc(Nc2ccc(C(=O)Nc3c(F)cccc3F)nc2)cc1. The Morgan fingerprint density at radius 2 is 1.62 bits per heavy atom. The fourth-order valence-corrected chi connectivity index (χ4v) is 2.19. The topological polar surface area (TPSA) is 77.8 Å². The van der Waals surface area contributed by atoms with Gasteiger partial charge in [0.1, 0.15) is 23.0 Å². The first-order valence-corrected chi connectivity index (χ1v) is 7.55. The van der Waals surface area contributed by atoms with Crippen molar-refractivity contribution in [3.8, 4) is 6.07 Å². The van der Waals surface area contributed by atoms with Crippen molar-refractivity contribution in [3.63, 3.8) is 0 Å². The molecule has 0 atom stereocenters. The first kappa shape index (κ1) is 17.0. The van der Waals surface area contributed by atoms with Crippen molar-refractivity contribution >= 4 is 23.0 Å². The van der Waals surface area contributed by atoms with E-state index in [-0.39, 0.29) is 5.69 Å². The molecular formula is C19H12F2N4O. The molecule has 0 fully saturated rings. The van der Waals surface area contributed by atoms with E-state index in [2.05, 4.69) is 15.6 Å². The minimum absolute atomic E-state index is 0.0121. The number of nitrogens with one attached hydrogen (secondary N) is 2. The average molecular weight is 350 g/mol. The van der Waals surface area contributed by atoms with Gasteiger partial charge in [0.2, 0.25) is 0 Å². The van der Waals surface area contributed by atoms with Crippen LogP contribution in [0.25, 0.3) is 0 Å². The second-order valence-corrected chi connectivity index (χ2v) is 5.30. The summed E-state index contributed by atoms with van der Waals surface area (Å²) < 4.78 is 27.2. The molecule has 0 aliphatic rings. The molecule has 0 bridgehead atoms. The Labute approximate surface area is 147 Å². The minimum atomic E-state index is -0.863. The Morgan fingerprint density at radius 1 is 0.962 bits per heavy atom. The number of para-hydroxylation sites is 1. The van der Waals surface area contributed by atoms with E-state index in [9.17, 15) is 13.6 Å². The van der Waals surface area contributed by atoms with E-state index in [1.54, 1.807) is 30.3 Å². The highest BCUT2D eigenvalue weighted by Gasteiger charge is 2.14. The van der Waals surface area contributed by atoms with E-state index < -0.39 is 23.2 Å². The lowest BCUT2D eigenvalue weighted by Crippen LogP contribution is -2.15. The smallest absolute Gasteiger partial charge is 0.274 e. The molecule has 3 aromatic rings. The number of nitriles is 1. The van der Waals surface area contributed by atoms with Crippen molar-refractivity contribution in [1.29, 1.82) is 5.26 Å². The number of halogens is 2. The van der Waals surface area contributed by atoms with Gasteiger partial charge in [-0.1, -0.05) is 6.07 Å². The molecule has 0 saturated carbocycles. The molecule has 0 radical (unpaired) electrons. The lowest BCUT2D eigenvalue weighted by molar-refractivity contribution is 0.102. The van der Waals surface area contributed by atoms with Gasteiger partial charge < -0.3 is 10.6 Å². The van der Waals surface area contributed by atoms with Gasteiger partial charge in [0.15, 0.2) is 0 Å². The van der Waals surface area contributed by atoms with Gasteiger partial charge in [-0.25, -0.2) is 13.8 Å². The molecule has 1 heterocycles. The van der Waals surface area contributed by atoms with Crippen molar-refractivity contribution in [2.75, 3.05) is 10.6 Å². The number of carbonyl (C=O) groups is 1. The predicted octanol–water partition coefficient (Wildman–Crippen LogP) is 4.23. The van der Waals surface area contributed by atoms with E-state index in [0.29, 0.717) is 11.3 Å². The van der Waals surface area contributed by atoms with Crippen LogP contribution in [0.5, 0.6) is 0 Å². The van der Waals surface area contributed by atoms with Crippen LogP contribution < -0.4 is 10.6 Å². The Bertz CT molecular complexity index is 960. The second kappa shape index (κ2) is 7.40. The zero-order valence-electron chi connectivity index (χ0n) is 13.3. The molecule has 5 nitrogen and oxygen atoms in total. The highest BCUT2D eigenvalue weighted by Crippen LogP contribution is 2.20. The quantitative estimate of drug-likeness (QED) is 0.738. The van der Waals surface area contributed by atoms with E-state index in [4.69, 9.17) is 5.26 Å². The lowest BCUT2D eigenvalue weighted by atomic mass is 10.2. The summed E-state index contributed by atoms with van der Waals surface area (Å²) in [7, 11) is 0. The largest absolute Gasteiger partial charge is 0.354 e. The Hall–Kier alpha value is -3.79. The van der Waals surface area contributed by atoms with Crippen LogP contribution in [-0.4, -0.2) is 10.9 Å². The van der Waals surface area contributed by atoms with Crippen molar-refractivity contribution in [2.45, 2.75) is 0 Å². The van der Waals surface area contributed by atoms with Gasteiger partial charge in [-0.3, -0.25) is 4.79 Å². The number of hydrogen-bond acceptors (Lipinski definition) is 4. The van der Waals surface area contributed by atoms with Crippen LogP contribution >= 0.6 is 0 Å². The van der Waals surface area contributed by atoms with Crippen LogP contribution in [0.1, 0.15) is 16.1 Å². The number of rotatable bonds is 4. The zero-order valence-corrected chi connectivity index (χ0v) is 13.3. The van der Waals surface area contributed by atoms with Gasteiger partial charge in [0.05, 0.1) is 23.5 Å².